The van der Waals surface area contributed by atoms with Crippen LogP contribution in [0.15, 0.2) is 48.8 Å². The summed E-state index contributed by atoms with van der Waals surface area (Å²) >= 11 is 0. The van der Waals surface area contributed by atoms with Crippen molar-refractivity contribution in [2.24, 2.45) is 0 Å². The van der Waals surface area contributed by atoms with Crippen molar-refractivity contribution >= 4 is 16.6 Å². The van der Waals surface area contributed by atoms with Gasteiger partial charge in [-0.1, -0.05) is 18.2 Å². The lowest BCUT2D eigenvalue weighted by Gasteiger charge is -2.13. The monoisotopic (exact) mass is 289 g/mol. The molecule has 0 fully saturated rings. The van der Waals surface area contributed by atoms with E-state index < -0.39 is 11.7 Å². The number of aromatic nitrogens is 2. The molecule has 0 bridgehead atoms. The normalized spacial score (nSPS) is 11.8. The molecule has 0 aliphatic carbocycles. The van der Waals surface area contributed by atoms with E-state index in [4.69, 9.17) is 5.73 Å². The summed E-state index contributed by atoms with van der Waals surface area (Å²) in [6.45, 7) is 0. The zero-order valence-electron chi connectivity index (χ0n) is 10.7. The molecule has 0 aliphatic heterocycles. The number of nitrogens with zero attached hydrogens (tertiary/aromatic N) is 2. The summed E-state index contributed by atoms with van der Waals surface area (Å²) in [5.74, 6) is 0.160. The number of anilines is 1. The molecule has 1 aromatic carbocycles. The fraction of sp³-hybridized carbons (Fsp3) is 0.0667. The largest absolute Gasteiger partial charge is 0.417 e. The van der Waals surface area contributed by atoms with E-state index >= 15 is 0 Å². The standard InChI is InChI=1S/C15H10F3N3/c16-15(17,18)12-4-2-1-3-10(12)13-7-9-5-6-20-8-11(9)14(19)21-13/h1-8H,(H2,19,21). The molecule has 2 N–H and O–H groups in total. The Morgan fingerprint density at radius 1 is 1.05 bits per heavy atom. The summed E-state index contributed by atoms with van der Waals surface area (Å²) < 4.78 is 39.2. The van der Waals surface area contributed by atoms with Gasteiger partial charge in [0.1, 0.15) is 5.82 Å². The van der Waals surface area contributed by atoms with E-state index in [-0.39, 0.29) is 17.1 Å². The predicted molar refractivity (Wildman–Crippen MR) is 74.4 cm³/mol. The summed E-state index contributed by atoms with van der Waals surface area (Å²) in [5.41, 5.74) is 5.29. The van der Waals surface area contributed by atoms with Crippen LogP contribution < -0.4 is 5.73 Å². The van der Waals surface area contributed by atoms with Crippen LogP contribution in [0.25, 0.3) is 22.0 Å². The Labute approximate surface area is 118 Å². The third-order valence-corrected chi connectivity index (χ3v) is 3.17. The fourth-order valence-corrected chi connectivity index (χ4v) is 2.21. The topological polar surface area (TPSA) is 51.8 Å². The molecule has 0 unspecified atom stereocenters. The quantitative estimate of drug-likeness (QED) is 0.739. The number of rotatable bonds is 1. The van der Waals surface area contributed by atoms with Gasteiger partial charge in [-0.05, 0) is 23.6 Å². The maximum Gasteiger partial charge on any atom is 0.417 e. The van der Waals surface area contributed by atoms with Crippen molar-refractivity contribution < 1.29 is 13.2 Å². The molecule has 0 atom stereocenters. The van der Waals surface area contributed by atoms with Crippen molar-refractivity contribution in [3.05, 3.63) is 54.4 Å². The summed E-state index contributed by atoms with van der Waals surface area (Å²) in [5, 5.41) is 1.32. The molecular formula is C15H10F3N3. The van der Waals surface area contributed by atoms with Crippen LogP contribution in [0.2, 0.25) is 0 Å². The van der Waals surface area contributed by atoms with Gasteiger partial charge in [-0.2, -0.15) is 13.2 Å². The summed E-state index contributed by atoms with van der Waals surface area (Å²) in [6, 6.07) is 8.58. The Kier molecular flexibility index (Phi) is 3.01. The Morgan fingerprint density at radius 2 is 1.81 bits per heavy atom. The van der Waals surface area contributed by atoms with E-state index in [0.29, 0.717) is 10.8 Å². The highest BCUT2D eigenvalue weighted by Gasteiger charge is 2.33. The van der Waals surface area contributed by atoms with Crippen molar-refractivity contribution in [3.63, 3.8) is 0 Å². The highest BCUT2D eigenvalue weighted by atomic mass is 19.4. The number of benzene rings is 1. The second-order valence-electron chi connectivity index (χ2n) is 4.53. The number of alkyl halides is 3. The van der Waals surface area contributed by atoms with Gasteiger partial charge in [0.05, 0.1) is 11.3 Å². The van der Waals surface area contributed by atoms with Crippen LogP contribution in [0.3, 0.4) is 0 Å². The highest BCUT2D eigenvalue weighted by molar-refractivity contribution is 5.93. The van der Waals surface area contributed by atoms with Crippen LogP contribution >= 0.6 is 0 Å². The smallest absolute Gasteiger partial charge is 0.383 e. The first kappa shape index (κ1) is 13.4. The molecule has 0 saturated carbocycles. The molecule has 106 valence electrons. The van der Waals surface area contributed by atoms with Crippen LogP contribution in [0.5, 0.6) is 0 Å². The molecule has 0 saturated heterocycles. The second kappa shape index (κ2) is 4.73. The molecule has 0 aliphatic rings. The number of hydrogen-bond acceptors (Lipinski definition) is 3. The fourth-order valence-electron chi connectivity index (χ4n) is 2.21. The lowest BCUT2D eigenvalue weighted by molar-refractivity contribution is -0.137. The first-order valence-electron chi connectivity index (χ1n) is 6.13. The van der Waals surface area contributed by atoms with E-state index in [1.165, 1.54) is 18.3 Å². The Balaban J connectivity index is 2.27. The SMILES string of the molecule is Nc1nc(-c2ccccc2C(F)(F)F)cc2ccncc12. The Morgan fingerprint density at radius 3 is 2.57 bits per heavy atom. The molecule has 6 heteroatoms. The third kappa shape index (κ3) is 2.40. The lowest BCUT2D eigenvalue weighted by atomic mass is 10.0. The maximum absolute atomic E-state index is 13.1. The van der Waals surface area contributed by atoms with Gasteiger partial charge in [0.15, 0.2) is 0 Å². The zero-order valence-corrected chi connectivity index (χ0v) is 10.7. The van der Waals surface area contributed by atoms with Gasteiger partial charge < -0.3 is 5.73 Å². The summed E-state index contributed by atoms with van der Waals surface area (Å²) in [6.07, 6.45) is -1.35. The van der Waals surface area contributed by atoms with Crippen molar-refractivity contribution in [1.29, 1.82) is 0 Å². The van der Waals surface area contributed by atoms with Gasteiger partial charge >= 0.3 is 6.18 Å². The number of pyridine rings is 2. The minimum atomic E-state index is -4.44. The van der Waals surface area contributed by atoms with E-state index in [0.717, 1.165) is 6.07 Å². The molecule has 2 aromatic heterocycles. The average Bonchev–Trinajstić information content (AvgIpc) is 2.46. The molecule has 21 heavy (non-hydrogen) atoms. The van der Waals surface area contributed by atoms with Crippen molar-refractivity contribution in [3.8, 4) is 11.3 Å². The van der Waals surface area contributed by atoms with Gasteiger partial charge in [0.25, 0.3) is 0 Å². The van der Waals surface area contributed by atoms with Crippen molar-refractivity contribution in [2.75, 3.05) is 5.73 Å². The number of nitrogens with two attached hydrogens (primary N) is 1. The second-order valence-corrected chi connectivity index (χ2v) is 4.53. The zero-order chi connectivity index (χ0) is 15.0. The predicted octanol–water partition coefficient (Wildman–Crippen LogP) is 3.90. The van der Waals surface area contributed by atoms with Crippen molar-refractivity contribution in [1.82, 2.24) is 9.97 Å². The number of halogens is 3. The summed E-state index contributed by atoms with van der Waals surface area (Å²) in [4.78, 5) is 8.02. The van der Waals surface area contributed by atoms with Gasteiger partial charge in [-0.3, -0.25) is 4.98 Å². The maximum atomic E-state index is 13.1. The van der Waals surface area contributed by atoms with E-state index in [2.05, 4.69) is 9.97 Å². The van der Waals surface area contributed by atoms with E-state index in [1.807, 2.05) is 0 Å². The van der Waals surface area contributed by atoms with Gasteiger partial charge in [0, 0.05) is 23.3 Å². The number of hydrogen-bond donors (Lipinski definition) is 1. The van der Waals surface area contributed by atoms with E-state index in [9.17, 15) is 13.2 Å². The average molecular weight is 289 g/mol. The third-order valence-electron chi connectivity index (χ3n) is 3.17. The van der Waals surface area contributed by atoms with Crippen LogP contribution in [-0.4, -0.2) is 9.97 Å². The van der Waals surface area contributed by atoms with Crippen molar-refractivity contribution in [2.45, 2.75) is 6.18 Å². The minimum Gasteiger partial charge on any atom is -0.383 e. The highest BCUT2D eigenvalue weighted by Crippen LogP contribution is 2.37. The molecule has 0 spiro atoms. The number of fused-ring (bicyclic) bond motifs is 1. The van der Waals surface area contributed by atoms with Crippen LogP contribution in [0.1, 0.15) is 5.56 Å². The Bertz CT molecular complexity index is 813. The number of nitrogen functional groups attached to an aromatic ring is 1. The van der Waals surface area contributed by atoms with Gasteiger partial charge in [-0.25, -0.2) is 4.98 Å². The summed E-state index contributed by atoms with van der Waals surface area (Å²) in [7, 11) is 0. The minimum absolute atomic E-state index is 0.00964. The lowest BCUT2D eigenvalue weighted by Crippen LogP contribution is -2.07. The Hall–Kier alpha value is -2.63. The molecule has 3 nitrogen and oxygen atoms in total. The van der Waals surface area contributed by atoms with Crippen LogP contribution in [-0.2, 0) is 6.18 Å². The molecule has 3 rings (SSSR count). The van der Waals surface area contributed by atoms with Crippen LogP contribution in [0, 0.1) is 0 Å². The van der Waals surface area contributed by atoms with Gasteiger partial charge in [0.2, 0.25) is 0 Å². The first-order chi connectivity index (χ1) is 9.97. The van der Waals surface area contributed by atoms with E-state index in [1.54, 1.807) is 24.4 Å². The molecular weight excluding hydrogens is 279 g/mol. The molecule has 2 heterocycles. The molecule has 0 amide bonds. The first-order valence-corrected chi connectivity index (χ1v) is 6.13. The van der Waals surface area contributed by atoms with Gasteiger partial charge in [-0.15, -0.1) is 0 Å². The molecule has 3 aromatic rings. The van der Waals surface area contributed by atoms with Crippen LogP contribution in [0.4, 0.5) is 19.0 Å². The molecule has 0 radical (unpaired) electrons.